The first-order valence-electron chi connectivity index (χ1n) is 7.89. The predicted molar refractivity (Wildman–Crippen MR) is 88.6 cm³/mol. The van der Waals surface area contributed by atoms with Crippen LogP contribution in [0, 0.1) is 10.1 Å². The van der Waals surface area contributed by atoms with Crippen molar-refractivity contribution in [2.45, 2.75) is 31.3 Å². The summed E-state index contributed by atoms with van der Waals surface area (Å²) in [6.45, 7) is -0.00198. The maximum absolute atomic E-state index is 12.2. The molecule has 8 heteroatoms. The van der Waals surface area contributed by atoms with Crippen LogP contribution in [0.1, 0.15) is 25.3 Å². The standard InChI is InChI=1S/C16H19N5O3/c22-16(10-18-12-4-1-2-6-15(12)21(23)24)19-13-5-3-7-14(13)20-9-8-17-11-20/h1-2,4,6,8-9,11,13-14,18H,3,5,7,10H2,(H,19,22)/t13-,14+/m1/s1. The Kier molecular flexibility index (Phi) is 4.74. The van der Waals surface area contributed by atoms with Crippen molar-refractivity contribution in [3.63, 3.8) is 0 Å². The van der Waals surface area contributed by atoms with E-state index in [0.717, 1.165) is 19.3 Å². The number of nitrogens with one attached hydrogen (secondary N) is 2. The van der Waals surface area contributed by atoms with E-state index in [2.05, 4.69) is 15.6 Å². The highest BCUT2D eigenvalue weighted by Crippen LogP contribution is 2.30. The molecule has 1 aromatic heterocycles. The first kappa shape index (κ1) is 16.0. The minimum atomic E-state index is -0.466. The number of carbonyl (C=O) groups is 1. The molecular weight excluding hydrogens is 310 g/mol. The van der Waals surface area contributed by atoms with E-state index in [4.69, 9.17) is 0 Å². The van der Waals surface area contributed by atoms with Crippen molar-refractivity contribution in [1.29, 1.82) is 0 Å². The number of nitrogens with zero attached hydrogens (tertiary/aromatic N) is 3. The summed E-state index contributed by atoms with van der Waals surface area (Å²) in [6, 6.07) is 6.56. The molecule has 2 N–H and O–H groups in total. The second-order valence-corrected chi connectivity index (χ2v) is 5.81. The van der Waals surface area contributed by atoms with E-state index in [1.807, 2.05) is 10.8 Å². The van der Waals surface area contributed by atoms with Crippen LogP contribution in [0.2, 0.25) is 0 Å². The van der Waals surface area contributed by atoms with Crippen molar-refractivity contribution in [3.8, 4) is 0 Å². The highest BCUT2D eigenvalue weighted by atomic mass is 16.6. The molecule has 1 fully saturated rings. The minimum Gasteiger partial charge on any atom is -0.371 e. The first-order chi connectivity index (χ1) is 11.6. The summed E-state index contributed by atoms with van der Waals surface area (Å²) < 4.78 is 2.02. The molecule has 1 amide bonds. The number of anilines is 1. The fourth-order valence-electron chi connectivity index (χ4n) is 3.15. The van der Waals surface area contributed by atoms with E-state index < -0.39 is 4.92 Å². The van der Waals surface area contributed by atoms with Crippen molar-refractivity contribution in [3.05, 3.63) is 53.1 Å². The zero-order chi connectivity index (χ0) is 16.9. The molecule has 126 valence electrons. The zero-order valence-corrected chi connectivity index (χ0v) is 13.1. The average molecular weight is 329 g/mol. The number of imidazole rings is 1. The lowest BCUT2D eigenvalue weighted by atomic mass is 10.1. The van der Waals surface area contributed by atoms with Gasteiger partial charge in [0.2, 0.25) is 5.91 Å². The Morgan fingerprint density at radius 1 is 1.38 bits per heavy atom. The van der Waals surface area contributed by atoms with Gasteiger partial charge >= 0.3 is 0 Å². The first-order valence-corrected chi connectivity index (χ1v) is 7.89. The van der Waals surface area contributed by atoms with Gasteiger partial charge in [0.15, 0.2) is 0 Å². The smallest absolute Gasteiger partial charge is 0.292 e. The van der Waals surface area contributed by atoms with E-state index >= 15 is 0 Å². The van der Waals surface area contributed by atoms with Crippen LogP contribution in [0.3, 0.4) is 0 Å². The number of hydrogen-bond acceptors (Lipinski definition) is 5. The van der Waals surface area contributed by atoms with Gasteiger partial charge in [-0.25, -0.2) is 4.98 Å². The van der Waals surface area contributed by atoms with Crippen LogP contribution in [0.25, 0.3) is 0 Å². The number of nitro groups is 1. The molecule has 1 saturated carbocycles. The van der Waals surface area contributed by atoms with Gasteiger partial charge in [-0.3, -0.25) is 14.9 Å². The molecule has 1 aliphatic carbocycles. The average Bonchev–Trinajstić information content (AvgIpc) is 3.24. The monoisotopic (exact) mass is 329 g/mol. The number of carbonyl (C=O) groups excluding carboxylic acids is 1. The number of nitro benzene ring substituents is 1. The third kappa shape index (κ3) is 3.53. The lowest BCUT2D eigenvalue weighted by molar-refractivity contribution is -0.383. The summed E-state index contributed by atoms with van der Waals surface area (Å²) in [7, 11) is 0. The van der Waals surface area contributed by atoms with Crippen molar-refractivity contribution >= 4 is 17.3 Å². The predicted octanol–water partition coefficient (Wildman–Crippen LogP) is 2.11. The van der Waals surface area contributed by atoms with Crippen LogP contribution in [-0.2, 0) is 4.79 Å². The molecule has 1 aliphatic rings. The Balaban J connectivity index is 1.57. The molecule has 0 spiro atoms. The van der Waals surface area contributed by atoms with Crippen LogP contribution in [0.15, 0.2) is 43.0 Å². The Labute approximate surface area is 139 Å². The summed E-state index contributed by atoms with van der Waals surface area (Å²) in [4.78, 5) is 26.8. The fraction of sp³-hybridized carbons (Fsp3) is 0.375. The van der Waals surface area contributed by atoms with E-state index in [1.54, 1.807) is 30.7 Å². The van der Waals surface area contributed by atoms with E-state index in [-0.39, 0.29) is 30.2 Å². The van der Waals surface area contributed by atoms with Gasteiger partial charge in [-0.05, 0) is 25.3 Å². The molecule has 2 atom stereocenters. The molecule has 0 saturated heterocycles. The van der Waals surface area contributed by atoms with E-state index in [9.17, 15) is 14.9 Å². The van der Waals surface area contributed by atoms with Gasteiger partial charge in [0.05, 0.1) is 23.8 Å². The van der Waals surface area contributed by atoms with Gasteiger partial charge in [0, 0.05) is 24.5 Å². The van der Waals surface area contributed by atoms with Crippen LogP contribution < -0.4 is 10.6 Å². The number of rotatable bonds is 6. The number of aromatic nitrogens is 2. The van der Waals surface area contributed by atoms with Crippen LogP contribution in [0.5, 0.6) is 0 Å². The Hall–Kier alpha value is -2.90. The largest absolute Gasteiger partial charge is 0.371 e. The molecule has 1 heterocycles. The van der Waals surface area contributed by atoms with Crippen LogP contribution >= 0.6 is 0 Å². The van der Waals surface area contributed by atoms with Crippen molar-refractivity contribution in [2.75, 3.05) is 11.9 Å². The maximum Gasteiger partial charge on any atom is 0.292 e. The second kappa shape index (κ2) is 7.12. The third-order valence-electron chi connectivity index (χ3n) is 4.27. The van der Waals surface area contributed by atoms with E-state index in [1.165, 1.54) is 6.07 Å². The Morgan fingerprint density at radius 2 is 2.21 bits per heavy atom. The van der Waals surface area contributed by atoms with E-state index in [0.29, 0.717) is 5.69 Å². The number of para-hydroxylation sites is 2. The molecule has 0 radical (unpaired) electrons. The summed E-state index contributed by atoms with van der Waals surface area (Å²) in [5.74, 6) is -0.176. The third-order valence-corrected chi connectivity index (χ3v) is 4.27. The van der Waals surface area contributed by atoms with Crippen molar-refractivity contribution in [2.24, 2.45) is 0 Å². The molecular formula is C16H19N5O3. The molecule has 24 heavy (non-hydrogen) atoms. The topological polar surface area (TPSA) is 102 Å². The molecule has 0 unspecified atom stereocenters. The molecule has 1 aromatic carbocycles. The van der Waals surface area contributed by atoms with Crippen molar-refractivity contribution < 1.29 is 9.72 Å². The summed E-state index contributed by atoms with van der Waals surface area (Å²) in [6.07, 6.45) is 8.36. The quantitative estimate of drug-likeness (QED) is 0.624. The Bertz CT molecular complexity index is 716. The van der Waals surface area contributed by atoms with Crippen LogP contribution in [0.4, 0.5) is 11.4 Å². The van der Waals surface area contributed by atoms with Gasteiger partial charge in [-0.2, -0.15) is 0 Å². The molecule has 8 nitrogen and oxygen atoms in total. The number of hydrogen-bond donors (Lipinski definition) is 2. The second-order valence-electron chi connectivity index (χ2n) is 5.81. The molecule has 3 rings (SSSR count). The normalized spacial score (nSPS) is 19.8. The van der Waals surface area contributed by atoms with Gasteiger partial charge in [0.25, 0.3) is 5.69 Å². The maximum atomic E-state index is 12.2. The lowest BCUT2D eigenvalue weighted by Crippen LogP contribution is -2.41. The van der Waals surface area contributed by atoms with Crippen molar-refractivity contribution in [1.82, 2.24) is 14.9 Å². The van der Waals surface area contributed by atoms with Gasteiger partial charge in [-0.15, -0.1) is 0 Å². The molecule has 0 bridgehead atoms. The number of benzene rings is 1. The highest BCUT2D eigenvalue weighted by Gasteiger charge is 2.29. The highest BCUT2D eigenvalue weighted by molar-refractivity contribution is 5.82. The van der Waals surface area contributed by atoms with Gasteiger partial charge < -0.3 is 15.2 Å². The summed E-state index contributed by atoms with van der Waals surface area (Å²) >= 11 is 0. The minimum absolute atomic E-state index is 0.00198. The van der Waals surface area contributed by atoms with Gasteiger partial charge in [0.1, 0.15) is 5.69 Å². The lowest BCUT2D eigenvalue weighted by Gasteiger charge is -2.22. The fourth-order valence-corrected chi connectivity index (χ4v) is 3.15. The van der Waals surface area contributed by atoms with Gasteiger partial charge in [-0.1, -0.05) is 12.1 Å². The Morgan fingerprint density at radius 3 is 2.96 bits per heavy atom. The van der Waals surface area contributed by atoms with Crippen LogP contribution in [-0.4, -0.2) is 33.0 Å². The zero-order valence-electron chi connectivity index (χ0n) is 13.1. The molecule has 0 aliphatic heterocycles. The summed E-state index contributed by atoms with van der Waals surface area (Å²) in [5, 5.41) is 16.8. The number of amides is 1. The SMILES string of the molecule is O=C(CNc1ccccc1[N+](=O)[O-])N[C@@H]1CCC[C@@H]1n1ccnc1. The summed E-state index contributed by atoms with van der Waals surface area (Å²) in [5.41, 5.74) is 0.303. The molecule has 2 aromatic rings.